The number of carboxylic acid groups (broad SMARTS) is 1. The molecule has 0 aromatic heterocycles. The topological polar surface area (TPSA) is 69.7 Å². The lowest BCUT2D eigenvalue weighted by atomic mass is 9.74. The summed E-state index contributed by atoms with van der Waals surface area (Å²) in [6, 6.07) is 8.99. The molecule has 5 heteroatoms. The Morgan fingerprint density at radius 3 is 2.71 bits per heavy atom. The number of carbonyl (C=O) groups excluding carboxylic acids is 2. The van der Waals surface area contributed by atoms with Crippen LogP contribution in [0.4, 0.5) is 5.69 Å². The van der Waals surface area contributed by atoms with Gasteiger partial charge >= 0.3 is 0 Å². The van der Waals surface area contributed by atoms with E-state index in [-0.39, 0.29) is 11.9 Å². The lowest BCUT2D eigenvalue weighted by Crippen LogP contribution is -2.46. The molecule has 2 saturated heterocycles. The van der Waals surface area contributed by atoms with Crippen LogP contribution in [0, 0.1) is 11.8 Å². The van der Waals surface area contributed by atoms with Gasteiger partial charge in [-0.2, -0.15) is 0 Å². The van der Waals surface area contributed by atoms with Crippen molar-refractivity contribution in [2.75, 3.05) is 4.90 Å². The van der Waals surface area contributed by atoms with Crippen molar-refractivity contribution in [3.8, 4) is 0 Å². The largest absolute Gasteiger partial charge is 0.550 e. The monoisotopic (exact) mass is 324 g/mol. The zero-order valence-electron chi connectivity index (χ0n) is 13.3. The molecule has 2 bridgehead atoms. The predicted octanol–water partition coefficient (Wildman–Crippen LogP) is 1.06. The maximum absolute atomic E-state index is 13.2. The highest BCUT2D eigenvalue weighted by atomic mass is 16.5. The van der Waals surface area contributed by atoms with Gasteiger partial charge in [-0.05, 0) is 25.5 Å². The van der Waals surface area contributed by atoms with E-state index in [1.807, 2.05) is 43.3 Å². The molecular formula is C19H18NO4-. The summed E-state index contributed by atoms with van der Waals surface area (Å²) >= 11 is 0. The first-order chi connectivity index (χ1) is 11.5. The summed E-state index contributed by atoms with van der Waals surface area (Å²) in [5.74, 6) is -3.13. The van der Waals surface area contributed by atoms with Crippen molar-refractivity contribution < 1.29 is 19.4 Å². The Bertz CT molecular complexity index is 756. The maximum atomic E-state index is 13.2. The van der Waals surface area contributed by atoms with E-state index in [4.69, 9.17) is 4.74 Å². The summed E-state index contributed by atoms with van der Waals surface area (Å²) < 4.78 is 6.06. The van der Waals surface area contributed by atoms with Crippen LogP contribution in [0.1, 0.15) is 13.3 Å². The van der Waals surface area contributed by atoms with Gasteiger partial charge in [-0.25, -0.2) is 0 Å². The highest BCUT2D eigenvalue weighted by Gasteiger charge is 2.69. The minimum atomic E-state index is -1.23. The van der Waals surface area contributed by atoms with Crippen molar-refractivity contribution in [2.24, 2.45) is 11.8 Å². The fourth-order valence-corrected chi connectivity index (χ4v) is 4.40. The number of ether oxygens (including phenoxy) is 1. The molecule has 5 nitrogen and oxygen atoms in total. The number of amides is 1. The van der Waals surface area contributed by atoms with Gasteiger partial charge in [0.2, 0.25) is 5.91 Å². The molecule has 2 fully saturated rings. The molecule has 3 aliphatic rings. The Kier molecular flexibility index (Phi) is 3.18. The molecule has 124 valence electrons. The molecule has 0 saturated carbocycles. The van der Waals surface area contributed by atoms with Crippen LogP contribution in [0.3, 0.4) is 0 Å². The first-order valence-electron chi connectivity index (χ1n) is 8.06. The summed E-state index contributed by atoms with van der Waals surface area (Å²) in [4.78, 5) is 26.5. The van der Waals surface area contributed by atoms with Gasteiger partial charge in [0.25, 0.3) is 0 Å². The second-order valence-corrected chi connectivity index (χ2v) is 6.84. The molecule has 3 aliphatic heterocycles. The Hall–Kier alpha value is -2.40. The summed E-state index contributed by atoms with van der Waals surface area (Å²) in [6.45, 7) is 5.87. The molecule has 4 rings (SSSR count). The second-order valence-electron chi connectivity index (χ2n) is 6.84. The van der Waals surface area contributed by atoms with Gasteiger partial charge in [-0.3, -0.25) is 4.79 Å². The van der Waals surface area contributed by atoms with Crippen LogP contribution in [0.2, 0.25) is 0 Å². The smallest absolute Gasteiger partial charge is 0.234 e. The van der Waals surface area contributed by atoms with Crippen molar-refractivity contribution in [2.45, 2.75) is 31.1 Å². The first-order valence-corrected chi connectivity index (χ1v) is 8.06. The number of nitrogens with zero attached hydrogens (tertiary/aromatic N) is 1. The summed E-state index contributed by atoms with van der Waals surface area (Å²) in [7, 11) is 0. The molecule has 5 atom stereocenters. The van der Waals surface area contributed by atoms with E-state index in [1.54, 1.807) is 11.0 Å². The number of rotatable bonds is 4. The zero-order chi connectivity index (χ0) is 17.1. The number of carbonyl (C=O) groups is 2. The summed E-state index contributed by atoms with van der Waals surface area (Å²) in [5.41, 5.74) is 0.748. The maximum Gasteiger partial charge on any atom is 0.234 e. The highest BCUT2D eigenvalue weighted by Crippen LogP contribution is 2.56. The third kappa shape index (κ3) is 1.85. The molecule has 3 heterocycles. The standard InChI is InChI=1S/C19H19NO4/c1-11(2)10-14-19-9-8-13(24-19)15(18(22)23)16(19)17(21)20(14)12-6-4-3-5-7-12/h3-9,13-16H,1,10H2,2H3,(H,22,23)/p-1/t13-,14+,15-,16+,19-/m1/s1. The number of anilines is 1. The Morgan fingerprint density at radius 1 is 1.38 bits per heavy atom. The minimum absolute atomic E-state index is 0.214. The lowest BCUT2D eigenvalue weighted by Gasteiger charge is -2.33. The average molecular weight is 324 g/mol. The van der Waals surface area contributed by atoms with Crippen LogP contribution in [0.15, 0.2) is 54.6 Å². The van der Waals surface area contributed by atoms with Crippen molar-refractivity contribution in [3.63, 3.8) is 0 Å². The van der Waals surface area contributed by atoms with E-state index in [0.29, 0.717) is 6.42 Å². The molecule has 1 aromatic rings. The summed E-state index contributed by atoms with van der Waals surface area (Å²) in [5, 5.41) is 11.6. The van der Waals surface area contributed by atoms with Crippen LogP contribution in [0.25, 0.3) is 0 Å². The van der Waals surface area contributed by atoms with E-state index >= 15 is 0 Å². The van der Waals surface area contributed by atoms with E-state index in [0.717, 1.165) is 11.3 Å². The SMILES string of the molecule is C=C(C)C[C@@H]1N(c2ccccc2)C(=O)[C@@H]2[C@H](C(=O)[O-])[C@H]3C=C[C@]21O3. The number of carboxylic acids is 1. The highest BCUT2D eigenvalue weighted by molar-refractivity contribution is 6.03. The second kappa shape index (κ2) is 5.05. The van der Waals surface area contributed by atoms with E-state index in [9.17, 15) is 14.7 Å². The van der Waals surface area contributed by atoms with Crippen LogP contribution in [0.5, 0.6) is 0 Å². The van der Waals surface area contributed by atoms with Crippen molar-refractivity contribution in [1.82, 2.24) is 0 Å². The normalized spacial score (nSPS) is 36.2. The Balaban J connectivity index is 1.85. The average Bonchev–Trinajstić information content (AvgIpc) is 3.17. The number of benzene rings is 1. The molecule has 0 radical (unpaired) electrons. The molecule has 1 aromatic carbocycles. The van der Waals surface area contributed by atoms with Crippen LogP contribution >= 0.6 is 0 Å². The number of para-hydroxylation sites is 1. The summed E-state index contributed by atoms with van der Waals surface area (Å²) in [6.07, 6.45) is 3.59. The van der Waals surface area contributed by atoms with Gasteiger partial charge in [-0.15, -0.1) is 6.58 Å². The molecule has 0 aliphatic carbocycles. The molecule has 1 amide bonds. The number of hydrogen-bond acceptors (Lipinski definition) is 4. The van der Waals surface area contributed by atoms with Crippen LogP contribution in [-0.4, -0.2) is 29.6 Å². The molecule has 0 N–H and O–H groups in total. The fourth-order valence-electron chi connectivity index (χ4n) is 4.40. The van der Waals surface area contributed by atoms with Crippen molar-refractivity contribution >= 4 is 17.6 Å². The van der Waals surface area contributed by atoms with Crippen molar-refractivity contribution in [1.29, 1.82) is 0 Å². The molecule has 24 heavy (non-hydrogen) atoms. The Labute approximate surface area is 140 Å². The van der Waals surface area contributed by atoms with Crippen molar-refractivity contribution in [3.05, 3.63) is 54.6 Å². The van der Waals surface area contributed by atoms with E-state index in [2.05, 4.69) is 6.58 Å². The van der Waals surface area contributed by atoms with E-state index in [1.165, 1.54) is 0 Å². The Morgan fingerprint density at radius 2 is 2.08 bits per heavy atom. The molecular weight excluding hydrogens is 306 g/mol. The minimum Gasteiger partial charge on any atom is -0.550 e. The van der Waals surface area contributed by atoms with Crippen LogP contribution in [-0.2, 0) is 14.3 Å². The van der Waals surface area contributed by atoms with Gasteiger partial charge < -0.3 is 19.5 Å². The number of fused-ring (bicyclic) bond motifs is 1. The van der Waals surface area contributed by atoms with Crippen LogP contribution < -0.4 is 10.0 Å². The molecule has 1 spiro atoms. The zero-order valence-corrected chi connectivity index (χ0v) is 13.3. The third-order valence-corrected chi connectivity index (χ3v) is 5.27. The number of aliphatic carboxylic acids is 1. The van der Waals surface area contributed by atoms with Gasteiger partial charge in [-0.1, -0.05) is 35.9 Å². The van der Waals surface area contributed by atoms with Gasteiger partial charge in [0, 0.05) is 17.6 Å². The fraction of sp³-hybridized carbons (Fsp3) is 0.368. The number of hydrogen-bond donors (Lipinski definition) is 0. The van der Waals surface area contributed by atoms with Gasteiger partial charge in [0.05, 0.1) is 18.1 Å². The van der Waals surface area contributed by atoms with Gasteiger partial charge in [0.15, 0.2) is 0 Å². The quantitative estimate of drug-likeness (QED) is 0.777. The first kappa shape index (κ1) is 15.1. The lowest BCUT2D eigenvalue weighted by molar-refractivity contribution is -0.313. The predicted molar refractivity (Wildman–Crippen MR) is 85.9 cm³/mol. The van der Waals surface area contributed by atoms with Gasteiger partial charge in [0.1, 0.15) is 5.60 Å². The third-order valence-electron chi connectivity index (χ3n) is 5.27. The van der Waals surface area contributed by atoms with E-state index < -0.39 is 29.5 Å². The molecule has 0 unspecified atom stereocenters.